The first-order chi connectivity index (χ1) is 10.1. The van der Waals surface area contributed by atoms with Crippen molar-refractivity contribution in [3.8, 4) is 11.8 Å². The normalized spacial score (nSPS) is 10.4. The number of aromatic carboxylic acids is 1. The lowest BCUT2D eigenvalue weighted by molar-refractivity contribution is 0.0534. The molecule has 4 N–H and O–H groups in total. The third-order valence-electron chi connectivity index (χ3n) is 2.32. The van der Waals surface area contributed by atoms with Crippen LogP contribution >= 0.6 is 0 Å². The summed E-state index contributed by atoms with van der Waals surface area (Å²) in [4.78, 5) is 22.3. The smallest absolute Gasteiger partial charge is 0.408 e. The lowest BCUT2D eigenvalue weighted by Gasteiger charge is -2.19. The first kappa shape index (κ1) is 17.3. The van der Waals surface area contributed by atoms with Crippen LogP contribution < -0.4 is 11.1 Å². The van der Waals surface area contributed by atoms with E-state index in [1.54, 1.807) is 20.8 Å². The minimum Gasteiger partial charge on any atom is -0.478 e. The zero-order valence-electron chi connectivity index (χ0n) is 12.5. The van der Waals surface area contributed by atoms with Crippen molar-refractivity contribution in [1.82, 2.24) is 5.32 Å². The van der Waals surface area contributed by atoms with E-state index < -0.39 is 23.5 Å². The molecule has 0 aliphatic rings. The summed E-state index contributed by atoms with van der Waals surface area (Å²) in [7, 11) is 0. The molecule has 0 radical (unpaired) electrons. The topological polar surface area (TPSA) is 102 Å². The second-order valence-electron chi connectivity index (χ2n) is 5.38. The maximum absolute atomic E-state index is 13.3. The summed E-state index contributed by atoms with van der Waals surface area (Å²) in [6, 6.07) is 1.85. The van der Waals surface area contributed by atoms with Crippen LogP contribution in [0.1, 0.15) is 36.7 Å². The van der Waals surface area contributed by atoms with E-state index in [0.717, 1.165) is 12.1 Å². The average Bonchev–Trinajstić information content (AvgIpc) is 2.35. The van der Waals surface area contributed by atoms with E-state index in [1.807, 2.05) is 0 Å². The fourth-order valence-electron chi connectivity index (χ4n) is 1.47. The number of carboxylic acid groups (broad SMARTS) is 1. The van der Waals surface area contributed by atoms with Crippen molar-refractivity contribution >= 4 is 17.7 Å². The summed E-state index contributed by atoms with van der Waals surface area (Å²) >= 11 is 0. The van der Waals surface area contributed by atoms with Crippen LogP contribution in [0, 0.1) is 17.7 Å². The number of nitrogens with one attached hydrogen (secondary N) is 1. The second-order valence-corrected chi connectivity index (χ2v) is 5.38. The Morgan fingerprint density at radius 2 is 2.05 bits per heavy atom. The molecule has 0 aromatic heterocycles. The van der Waals surface area contributed by atoms with Crippen LogP contribution in [0.15, 0.2) is 12.1 Å². The number of anilines is 1. The number of carbonyl (C=O) groups excluding carboxylic acids is 1. The number of hydrogen-bond acceptors (Lipinski definition) is 4. The van der Waals surface area contributed by atoms with Gasteiger partial charge in [-0.2, -0.15) is 0 Å². The summed E-state index contributed by atoms with van der Waals surface area (Å²) in [5, 5.41) is 11.3. The van der Waals surface area contributed by atoms with E-state index >= 15 is 0 Å². The molecular formula is C15H17FN2O4. The fourth-order valence-corrected chi connectivity index (χ4v) is 1.47. The Morgan fingerprint density at radius 3 is 2.59 bits per heavy atom. The number of ether oxygens (including phenoxy) is 1. The standard InChI is InChI=1S/C15H17FN2O4/c1-15(2,3)22-14(21)18-6-4-5-9-7-10(16)8-11(12(9)17)13(19)20/h7-8H,6,17H2,1-3H3,(H,18,21)(H,19,20). The third kappa shape index (κ3) is 5.32. The molecule has 7 heteroatoms. The van der Waals surface area contributed by atoms with E-state index in [-0.39, 0.29) is 23.4 Å². The van der Waals surface area contributed by atoms with Gasteiger partial charge in [0.1, 0.15) is 11.4 Å². The Labute approximate surface area is 127 Å². The minimum atomic E-state index is -1.34. The number of rotatable bonds is 2. The van der Waals surface area contributed by atoms with Crippen molar-refractivity contribution in [1.29, 1.82) is 0 Å². The van der Waals surface area contributed by atoms with Crippen molar-refractivity contribution in [2.45, 2.75) is 26.4 Å². The summed E-state index contributed by atoms with van der Waals surface area (Å²) in [6.07, 6.45) is -0.639. The van der Waals surface area contributed by atoms with Crippen molar-refractivity contribution < 1.29 is 23.8 Å². The third-order valence-corrected chi connectivity index (χ3v) is 2.32. The summed E-state index contributed by atoms with van der Waals surface area (Å²) in [5.41, 5.74) is 4.55. The lowest BCUT2D eigenvalue weighted by atomic mass is 10.1. The average molecular weight is 308 g/mol. The molecule has 0 unspecified atom stereocenters. The number of carboxylic acids is 1. The predicted molar refractivity (Wildman–Crippen MR) is 78.9 cm³/mol. The van der Waals surface area contributed by atoms with Crippen LogP contribution in [0.3, 0.4) is 0 Å². The van der Waals surface area contributed by atoms with E-state index in [4.69, 9.17) is 15.6 Å². The quantitative estimate of drug-likeness (QED) is 0.573. The number of nitrogens with two attached hydrogens (primary N) is 1. The summed E-state index contributed by atoms with van der Waals surface area (Å²) in [6.45, 7) is 5.12. The van der Waals surface area contributed by atoms with Crippen molar-refractivity contribution in [3.05, 3.63) is 29.1 Å². The highest BCUT2D eigenvalue weighted by Gasteiger charge is 2.15. The largest absolute Gasteiger partial charge is 0.478 e. The monoisotopic (exact) mass is 308 g/mol. The molecule has 1 aromatic carbocycles. The van der Waals surface area contributed by atoms with Crippen LogP contribution in [0.4, 0.5) is 14.9 Å². The molecule has 0 aliphatic heterocycles. The zero-order valence-corrected chi connectivity index (χ0v) is 12.5. The molecule has 22 heavy (non-hydrogen) atoms. The van der Waals surface area contributed by atoms with Crippen molar-refractivity contribution in [2.75, 3.05) is 12.3 Å². The number of amides is 1. The zero-order chi connectivity index (χ0) is 16.9. The van der Waals surface area contributed by atoms with Gasteiger partial charge in [-0.05, 0) is 32.9 Å². The highest BCUT2D eigenvalue weighted by Crippen LogP contribution is 2.19. The van der Waals surface area contributed by atoms with Gasteiger partial charge in [0.15, 0.2) is 0 Å². The summed E-state index contributed by atoms with van der Waals surface area (Å²) in [5.74, 6) is 2.98. The maximum Gasteiger partial charge on any atom is 0.408 e. The van der Waals surface area contributed by atoms with Gasteiger partial charge >= 0.3 is 12.1 Å². The molecule has 118 valence electrons. The molecule has 0 saturated heterocycles. The first-order valence-corrected chi connectivity index (χ1v) is 6.38. The molecule has 0 heterocycles. The maximum atomic E-state index is 13.3. The van der Waals surface area contributed by atoms with E-state index in [2.05, 4.69) is 17.2 Å². The van der Waals surface area contributed by atoms with Crippen LogP contribution in [-0.4, -0.2) is 29.3 Å². The van der Waals surface area contributed by atoms with Crippen LogP contribution in [-0.2, 0) is 4.74 Å². The molecule has 0 spiro atoms. The number of alkyl carbamates (subject to hydrolysis) is 1. The van der Waals surface area contributed by atoms with Gasteiger partial charge in [-0.15, -0.1) is 0 Å². The Balaban J connectivity index is 2.77. The van der Waals surface area contributed by atoms with Gasteiger partial charge in [-0.3, -0.25) is 0 Å². The highest BCUT2D eigenvalue weighted by molar-refractivity contribution is 5.95. The highest BCUT2D eigenvalue weighted by atomic mass is 19.1. The number of hydrogen-bond donors (Lipinski definition) is 3. The first-order valence-electron chi connectivity index (χ1n) is 6.38. The number of halogens is 1. The number of nitrogen functional groups attached to an aromatic ring is 1. The molecule has 1 rings (SSSR count). The minimum absolute atomic E-state index is 0.0448. The van der Waals surface area contributed by atoms with E-state index in [1.165, 1.54) is 0 Å². The second kappa shape index (κ2) is 6.80. The van der Waals surface area contributed by atoms with Crippen LogP contribution in [0.2, 0.25) is 0 Å². The van der Waals surface area contributed by atoms with Gasteiger partial charge in [0, 0.05) is 0 Å². The summed E-state index contributed by atoms with van der Waals surface area (Å²) < 4.78 is 18.3. The predicted octanol–water partition coefficient (Wildman–Crippen LogP) is 1.98. The Kier molecular flexibility index (Phi) is 5.35. The SMILES string of the molecule is CC(C)(C)OC(=O)NCC#Cc1cc(F)cc(C(=O)O)c1N. The fraction of sp³-hybridized carbons (Fsp3) is 0.333. The van der Waals surface area contributed by atoms with Crippen molar-refractivity contribution in [3.63, 3.8) is 0 Å². The molecule has 0 atom stereocenters. The molecule has 1 aromatic rings. The van der Waals surface area contributed by atoms with Gasteiger partial charge in [-0.1, -0.05) is 11.8 Å². The van der Waals surface area contributed by atoms with Crippen molar-refractivity contribution in [2.24, 2.45) is 0 Å². The molecule has 0 saturated carbocycles. The van der Waals surface area contributed by atoms with Gasteiger partial charge in [0.2, 0.25) is 0 Å². The van der Waals surface area contributed by atoms with Gasteiger partial charge in [0.25, 0.3) is 0 Å². The van der Waals surface area contributed by atoms with Gasteiger partial charge < -0.3 is 20.9 Å². The van der Waals surface area contributed by atoms with Gasteiger partial charge in [0.05, 0.1) is 23.4 Å². The Morgan fingerprint density at radius 1 is 1.41 bits per heavy atom. The van der Waals surface area contributed by atoms with E-state index in [0.29, 0.717) is 0 Å². The van der Waals surface area contributed by atoms with Crippen LogP contribution in [0.25, 0.3) is 0 Å². The number of benzene rings is 1. The molecule has 0 aliphatic carbocycles. The lowest BCUT2D eigenvalue weighted by Crippen LogP contribution is -2.32. The Hall–Kier alpha value is -2.75. The molecule has 6 nitrogen and oxygen atoms in total. The molecule has 1 amide bonds. The molecule has 0 bridgehead atoms. The molecule has 0 fully saturated rings. The number of carbonyl (C=O) groups is 2. The van der Waals surface area contributed by atoms with Gasteiger partial charge in [-0.25, -0.2) is 14.0 Å². The van der Waals surface area contributed by atoms with Crippen LogP contribution in [0.5, 0.6) is 0 Å². The molecular weight excluding hydrogens is 291 g/mol. The Bertz CT molecular complexity index is 654. The van der Waals surface area contributed by atoms with E-state index in [9.17, 15) is 14.0 Å².